The first-order valence-corrected chi connectivity index (χ1v) is 8.70. The van der Waals surface area contributed by atoms with E-state index >= 15 is 0 Å². The van der Waals surface area contributed by atoms with Crippen molar-refractivity contribution >= 4 is 27.7 Å². The molecule has 0 atom stereocenters. The van der Waals surface area contributed by atoms with Crippen LogP contribution in [0.15, 0.2) is 28.7 Å². The highest BCUT2D eigenvalue weighted by Crippen LogP contribution is 2.21. The van der Waals surface area contributed by atoms with E-state index in [0.717, 1.165) is 35.8 Å². The summed E-state index contributed by atoms with van der Waals surface area (Å²) in [5, 5.41) is 2.94. The predicted octanol–water partition coefficient (Wildman–Crippen LogP) is 2.76. The molecule has 0 saturated carbocycles. The van der Waals surface area contributed by atoms with Crippen LogP contribution in [0.4, 0.5) is 0 Å². The maximum Gasteiger partial charge on any atom is 0.227 e. The Morgan fingerprint density at radius 1 is 1.27 bits per heavy atom. The Balaban J connectivity index is 1.82. The number of benzene rings is 1. The van der Waals surface area contributed by atoms with Crippen LogP contribution in [-0.2, 0) is 16.0 Å². The summed E-state index contributed by atoms with van der Waals surface area (Å²) in [6, 6.07) is 7.80. The Morgan fingerprint density at radius 2 is 1.95 bits per heavy atom. The van der Waals surface area contributed by atoms with Gasteiger partial charge in [0.25, 0.3) is 0 Å². The van der Waals surface area contributed by atoms with Crippen molar-refractivity contribution in [3.63, 3.8) is 0 Å². The topological polar surface area (TPSA) is 49.4 Å². The Bertz CT molecular complexity index is 525. The summed E-state index contributed by atoms with van der Waals surface area (Å²) in [5.41, 5.74) is 1.01. The number of nitrogens with one attached hydrogen (secondary N) is 1. The Morgan fingerprint density at radius 3 is 2.59 bits per heavy atom. The van der Waals surface area contributed by atoms with E-state index in [1.807, 2.05) is 36.1 Å². The Labute approximate surface area is 140 Å². The van der Waals surface area contributed by atoms with E-state index < -0.39 is 0 Å². The van der Waals surface area contributed by atoms with Crippen molar-refractivity contribution < 1.29 is 9.59 Å². The lowest BCUT2D eigenvalue weighted by atomic mass is 9.95. The lowest BCUT2D eigenvalue weighted by Gasteiger charge is -2.31. The first-order chi connectivity index (χ1) is 10.6. The van der Waals surface area contributed by atoms with Crippen LogP contribution >= 0.6 is 15.9 Å². The van der Waals surface area contributed by atoms with Crippen molar-refractivity contribution in [2.24, 2.45) is 5.92 Å². The van der Waals surface area contributed by atoms with E-state index in [4.69, 9.17) is 0 Å². The number of carbonyl (C=O) groups excluding carboxylic acids is 2. The van der Waals surface area contributed by atoms with Crippen molar-refractivity contribution in [3.8, 4) is 0 Å². The molecule has 1 heterocycles. The van der Waals surface area contributed by atoms with E-state index in [9.17, 15) is 9.59 Å². The molecule has 22 heavy (non-hydrogen) atoms. The molecule has 0 aliphatic carbocycles. The summed E-state index contributed by atoms with van der Waals surface area (Å²) < 4.78 is 0.970. The van der Waals surface area contributed by atoms with Gasteiger partial charge in [-0.15, -0.1) is 0 Å². The number of hydrogen-bond donors (Lipinski definition) is 1. The second-order valence-electron chi connectivity index (χ2n) is 5.71. The zero-order valence-electron chi connectivity index (χ0n) is 13.0. The molecule has 1 aromatic carbocycles. The molecular formula is C17H23BrN2O2. The van der Waals surface area contributed by atoms with Crippen molar-refractivity contribution in [1.82, 2.24) is 10.2 Å². The van der Waals surface area contributed by atoms with Crippen LogP contribution in [0.25, 0.3) is 0 Å². The maximum atomic E-state index is 12.4. The van der Waals surface area contributed by atoms with Crippen LogP contribution in [0.2, 0.25) is 0 Å². The number of rotatable bonds is 5. The number of piperidine rings is 1. The molecule has 1 fully saturated rings. The van der Waals surface area contributed by atoms with Gasteiger partial charge in [0.1, 0.15) is 0 Å². The molecule has 1 aliphatic rings. The third-order valence-corrected chi connectivity index (χ3v) is 4.84. The molecule has 5 heteroatoms. The first kappa shape index (κ1) is 17.0. The third-order valence-electron chi connectivity index (χ3n) is 4.07. The second-order valence-corrected chi connectivity index (χ2v) is 6.57. The number of hydrogen-bond acceptors (Lipinski definition) is 2. The van der Waals surface area contributed by atoms with Crippen molar-refractivity contribution in [1.29, 1.82) is 0 Å². The predicted molar refractivity (Wildman–Crippen MR) is 90.5 cm³/mol. The van der Waals surface area contributed by atoms with Crippen molar-refractivity contribution in [2.75, 3.05) is 19.6 Å². The minimum atomic E-state index is 0.0547. The van der Waals surface area contributed by atoms with Gasteiger partial charge in [0.15, 0.2) is 0 Å². The molecule has 1 aromatic rings. The van der Waals surface area contributed by atoms with Crippen molar-refractivity contribution in [3.05, 3.63) is 34.3 Å². The largest absolute Gasteiger partial charge is 0.356 e. The average molecular weight is 367 g/mol. The highest BCUT2D eigenvalue weighted by molar-refractivity contribution is 9.10. The summed E-state index contributed by atoms with van der Waals surface area (Å²) in [6.45, 7) is 4.13. The zero-order chi connectivity index (χ0) is 15.9. The SMILES string of the molecule is CCCNC(=O)C1CCN(C(=O)Cc2ccccc2Br)CC1. The van der Waals surface area contributed by atoms with E-state index in [2.05, 4.69) is 21.2 Å². The van der Waals surface area contributed by atoms with E-state index in [-0.39, 0.29) is 17.7 Å². The van der Waals surface area contributed by atoms with Crippen LogP contribution < -0.4 is 5.32 Å². The molecule has 0 aromatic heterocycles. The first-order valence-electron chi connectivity index (χ1n) is 7.90. The highest BCUT2D eigenvalue weighted by atomic mass is 79.9. The minimum Gasteiger partial charge on any atom is -0.356 e. The molecule has 120 valence electrons. The summed E-state index contributed by atoms with van der Waals surface area (Å²) >= 11 is 3.48. The lowest BCUT2D eigenvalue weighted by Crippen LogP contribution is -2.43. The third kappa shape index (κ3) is 4.57. The van der Waals surface area contributed by atoms with E-state index in [1.165, 1.54) is 0 Å². The molecule has 0 radical (unpaired) electrons. The Hall–Kier alpha value is -1.36. The fraction of sp³-hybridized carbons (Fsp3) is 0.529. The van der Waals surface area contributed by atoms with Gasteiger partial charge in [-0.25, -0.2) is 0 Å². The molecule has 0 spiro atoms. The van der Waals surface area contributed by atoms with Crippen molar-refractivity contribution in [2.45, 2.75) is 32.6 Å². The number of likely N-dealkylation sites (tertiary alicyclic amines) is 1. The smallest absolute Gasteiger partial charge is 0.227 e. The molecule has 1 saturated heterocycles. The lowest BCUT2D eigenvalue weighted by molar-refractivity contribution is -0.135. The monoisotopic (exact) mass is 366 g/mol. The van der Waals surface area contributed by atoms with Gasteiger partial charge in [0.05, 0.1) is 6.42 Å². The van der Waals surface area contributed by atoms with Gasteiger partial charge in [-0.3, -0.25) is 9.59 Å². The van der Waals surface area contributed by atoms with Gasteiger partial charge in [0, 0.05) is 30.0 Å². The standard InChI is InChI=1S/C17H23BrN2O2/c1-2-9-19-17(22)13-7-10-20(11-8-13)16(21)12-14-5-3-4-6-15(14)18/h3-6,13H,2,7-12H2,1H3,(H,19,22). The molecular weight excluding hydrogens is 344 g/mol. The molecule has 1 aliphatic heterocycles. The summed E-state index contributed by atoms with van der Waals surface area (Å²) in [5.74, 6) is 0.332. The fourth-order valence-corrected chi connectivity index (χ4v) is 3.13. The van der Waals surface area contributed by atoms with Gasteiger partial charge in [-0.05, 0) is 30.9 Å². The van der Waals surface area contributed by atoms with Crippen LogP contribution in [-0.4, -0.2) is 36.3 Å². The van der Waals surface area contributed by atoms with E-state index in [1.54, 1.807) is 0 Å². The van der Waals surface area contributed by atoms with Gasteiger partial charge >= 0.3 is 0 Å². The van der Waals surface area contributed by atoms with Crippen LogP contribution in [0.3, 0.4) is 0 Å². The second kappa shape index (κ2) is 8.32. The highest BCUT2D eigenvalue weighted by Gasteiger charge is 2.27. The summed E-state index contributed by atoms with van der Waals surface area (Å²) in [7, 11) is 0. The number of amides is 2. The quantitative estimate of drug-likeness (QED) is 0.870. The number of carbonyl (C=O) groups is 2. The fourth-order valence-electron chi connectivity index (χ4n) is 2.70. The van der Waals surface area contributed by atoms with Gasteiger partial charge in [-0.2, -0.15) is 0 Å². The number of nitrogens with zero attached hydrogens (tertiary/aromatic N) is 1. The Kier molecular flexibility index (Phi) is 6.43. The van der Waals surface area contributed by atoms with E-state index in [0.29, 0.717) is 19.5 Å². The molecule has 0 bridgehead atoms. The molecule has 2 amide bonds. The summed E-state index contributed by atoms with van der Waals surface area (Å²) in [4.78, 5) is 26.2. The average Bonchev–Trinajstić information content (AvgIpc) is 2.55. The molecule has 0 unspecified atom stereocenters. The maximum absolute atomic E-state index is 12.4. The molecule has 4 nitrogen and oxygen atoms in total. The summed E-state index contributed by atoms with van der Waals surface area (Å²) in [6.07, 6.45) is 2.89. The van der Waals surface area contributed by atoms with Gasteiger partial charge in [-0.1, -0.05) is 41.1 Å². The minimum absolute atomic E-state index is 0.0547. The molecule has 1 N–H and O–H groups in total. The van der Waals surface area contributed by atoms with Gasteiger partial charge in [0.2, 0.25) is 11.8 Å². The van der Waals surface area contributed by atoms with Crippen LogP contribution in [0.5, 0.6) is 0 Å². The zero-order valence-corrected chi connectivity index (χ0v) is 14.6. The van der Waals surface area contributed by atoms with Crippen LogP contribution in [0, 0.1) is 5.92 Å². The number of halogens is 1. The molecule has 2 rings (SSSR count). The van der Waals surface area contributed by atoms with Crippen LogP contribution in [0.1, 0.15) is 31.7 Å². The normalized spacial score (nSPS) is 15.6. The van der Waals surface area contributed by atoms with Gasteiger partial charge < -0.3 is 10.2 Å².